The number of carbonyl (C=O) groups excluding carboxylic acids is 2. The van der Waals surface area contributed by atoms with Crippen LogP contribution < -0.4 is 15.4 Å². The van der Waals surface area contributed by atoms with Crippen LogP contribution in [0.25, 0.3) is 6.08 Å². The number of carboxylic acid groups (broad SMARTS) is 1. The number of hydrogen-bond acceptors (Lipinski definition) is 6. The number of rotatable bonds is 8. The highest BCUT2D eigenvalue weighted by atomic mass is 16.6. The molecule has 0 bridgehead atoms. The predicted molar refractivity (Wildman–Crippen MR) is 107 cm³/mol. The van der Waals surface area contributed by atoms with E-state index in [0.29, 0.717) is 11.3 Å². The molecule has 0 saturated heterocycles. The lowest BCUT2D eigenvalue weighted by molar-refractivity contribution is -0.384. The van der Waals surface area contributed by atoms with Crippen LogP contribution in [0.3, 0.4) is 0 Å². The van der Waals surface area contributed by atoms with Gasteiger partial charge in [-0.3, -0.25) is 24.5 Å². The molecule has 10 heteroatoms. The van der Waals surface area contributed by atoms with Gasteiger partial charge in [0.15, 0.2) is 0 Å². The van der Waals surface area contributed by atoms with Gasteiger partial charge in [0, 0.05) is 17.7 Å². The maximum atomic E-state index is 12.5. The molecule has 2 aromatic rings. The lowest BCUT2D eigenvalue weighted by atomic mass is 10.1. The fraction of sp³-hybridized carbons (Fsp3) is 0.150. The normalized spacial score (nSPS) is 11.9. The first-order valence-electron chi connectivity index (χ1n) is 8.66. The molecule has 156 valence electrons. The Balaban J connectivity index is 2.31. The van der Waals surface area contributed by atoms with E-state index in [-0.39, 0.29) is 16.9 Å². The van der Waals surface area contributed by atoms with E-state index in [4.69, 9.17) is 9.84 Å². The minimum Gasteiger partial charge on any atom is -0.497 e. The van der Waals surface area contributed by atoms with Crippen LogP contribution in [0.1, 0.15) is 22.8 Å². The Morgan fingerprint density at radius 3 is 2.20 bits per heavy atom. The summed E-state index contributed by atoms with van der Waals surface area (Å²) in [4.78, 5) is 46.3. The first-order valence-corrected chi connectivity index (χ1v) is 8.66. The first-order chi connectivity index (χ1) is 14.2. The van der Waals surface area contributed by atoms with Gasteiger partial charge in [-0.2, -0.15) is 0 Å². The van der Waals surface area contributed by atoms with Crippen molar-refractivity contribution < 1.29 is 29.2 Å². The van der Waals surface area contributed by atoms with Crippen LogP contribution in [0, 0.1) is 10.1 Å². The van der Waals surface area contributed by atoms with Crippen LogP contribution in [0.2, 0.25) is 0 Å². The van der Waals surface area contributed by atoms with Crippen LogP contribution in [-0.2, 0) is 9.59 Å². The van der Waals surface area contributed by atoms with Crippen molar-refractivity contribution in [3.8, 4) is 5.75 Å². The van der Waals surface area contributed by atoms with Gasteiger partial charge in [0.1, 0.15) is 17.5 Å². The Morgan fingerprint density at radius 1 is 1.10 bits per heavy atom. The number of nitrogens with zero attached hydrogens (tertiary/aromatic N) is 1. The quantitative estimate of drug-likeness (QED) is 0.340. The highest BCUT2D eigenvalue weighted by Gasteiger charge is 2.20. The molecule has 2 amide bonds. The molecule has 0 heterocycles. The van der Waals surface area contributed by atoms with E-state index in [9.17, 15) is 24.5 Å². The molecule has 30 heavy (non-hydrogen) atoms. The van der Waals surface area contributed by atoms with Gasteiger partial charge in [-0.1, -0.05) is 0 Å². The van der Waals surface area contributed by atoms with Gasteiger partial charge in [-0.15, -0.1) is 0 Å². The highest BCUT2D eigenvalue weighted by molar-refractivity contribution is 6.06. The molecular weight excluding hydrogens is 394 g/mol. The van der Waals surface area contributed by atoms with Crippen LogP contribution in [0.4, 0.5) is 5.69 Å². The van der Waals surface area contributed by atoms with Gasteiger partial charge < -0.3 is 20.5 Å². The highest BCUT2D eigenvalue weighted by Crippen LogP contribution is 2.15. The van der Waals surface area contributed by atoms with Crippen molar-refractivity contribution >= 4 is 29.5 Å². The zero-order valence-electron chi connectivity index (χ0n) is 16.1. The Labute approximate surface area is 171 Å². The number of methoxy groups -OCH3 is 1. The summed E-state index contributed by atoms with van der Waals surface area (Å²) in [5, 5.41) is 24.5. The minimum atomic E-state index is -1.25. The van der Waals surface area contributed by atoms with Crippen molar-refractivity contribution in [2.45, 2.75) is 13.0 Å². The third kappa shape index (κ3) is 5.89. The van der Waals surface area contributed by atoms with Gasteiger partial charge in [0.25, 0.3) is 17.5 Å². The van der Waals surface area contributed by atoms with E-state index in [2.05, 4.69) is 10.6 Å². The number of nitro groups is 1. The van der Waals surface area contributed by atoms with Crippen molar-refractivity contribution in [3.63, 3.8) is 0 Å². The number of carbonyl (C=O) groups is 3. The molecule has 10 nitrogen and oxygen atoms in total. The molecular formula is C20H19N3O7. The second-order valence-electron chi connectivity index (χ2n) is 6.12. The molecule has 0 fully saturated rings. The Kier molecular flexibility index (Phi) is 7.23. The molecule has 2 rings (SSSR count). The molecule has 3 N–H and O–H groups in total. The van der Waals surface area contributed by atoms with Crippen LogP contribution >= 0.6 is 0 Å². The molecule has 0 aromatic heterocycles. The smallest absolute Gasteiger partial charge is 0.325 e. The van der Waals surface area contributed by atoms with Gasteiger partial charge >= 0.3 is 5.97 Å². The SMILES string of the molecule is COc1ccc(C(=O)N/C(=C\c2ccc([N+](=O)[O-])cc2)C(=O)NC(C)C(=O)O)cc1. The third-order valence-corrected chi connectivity index (χ3v) is 3.98. The molecule has 0 aliphatic heterocycles. The molecule has 1 unspecified atom stereocenters. The number of nitro benzene ring substituents is 1. The minimum absolute atomic E-state index is 0.139. The summed E-state index contributed by atoms with van der Waals surface area (Å²) < 4.78 is 5.03. The van der Waals surface area contributed by atoms with E-state index in [0.717, 1.165) is 0 Å². The van der Waals surface area contributed by atoms with E-state index in [1.807, 2.05) is 0 Å². The second kappa shape index (κ2) is 9.82. The molecule has 0 aliphatic carbocycles. The predicted octanol–water partition coefficient (Wildman–Crippen LogP) is 1.96. The van der Waals surface area contributed by atoms with Crippen molar-refractivity contribution in [1.29, 1.82) is 0 Å². The fourth-order valence-corrected chi connectivity index (χ4v) is 2.29. The maximum absolute atomic E-state index is 12.5. The summed E-state index contributed by atoms with van der Waals surface area (Å²) in [6.07, 6.45) is 1.29. The molecule has 0 radical (unpaired) electrons. The van der Waals surface area contributed by atoms with E-state index in [1.54, 1.807) is 12.1 Å². The number of nitrogens with one attached hydrogen (secondary N) is 2. The van der Waals surface area contributed by atoms with Crippen molar-refractivity contribution in [2.24, 2.45) is 0 Å². The lowest BCUT2D eigenvalue weighted by Gasteiger charge is -2.13. The van der Waals surface area contributed by atoms with Gasteiger partial charge in [-0.05, 0) is 55.0 Å². The largest absolute Gasteiger partial charge is 0.497 e. The van der Waals surface area contributed by atoms with Crippen molar-refractivity contribution in [3.05, 3.63) is 75.5 Å². The summed E-state index contributed by atoms with van der Waals surface area (Å²) in [5.74, 6) is -2.14. The van der Waals surface area contributed by atoms with Crippen LogP contribution in [0.15, 0.2) is 54.2 Å². The standard InChI is InChI=1S/C20H19N3O7/c1-12(20(26)27)21-19(25)17(11-13-3-7-15(8-4-13)23(28)29)22-18(24)14-5-9-16(30-2)10-6-14/h3-12H,1-2H3,(H,21,25)(H,22,24)(H,26,27)/b17-11-. The number of non-ortho nitro benzene ring substituents is 1. The first kappa shape index (κ1) is 22.1. The molecule has 0 spiro atoms. The average molecular weight is 413 g/mol. The number of ether oxygens (including phenoxy) is 1. The van der Waals surface area contributed by atoms with E-state index in [1.165, 1.54) is 56.5 Å². The molecule has 2 aromatic carbocycles. The van der Waals surface area contributed by atoms with Gasteiger partial charge in [0.05, 0.1) is 12.0 Å². The van der Waals surface area contributed by atoms with Gasteiger partial charge in [0.2, 0.25) is 0 Å². The Bertz CT molecular complexity index is 982. The number of benzene rings is 2. The zero-order valence-corrected chi connectivity index (χ0v) is 16.1. The third-order valence-electron chi connectivity index (χ3n) is 3.98. The van der Waals surface area contributed by atoms with Crippen LogP contribution in [-0.4, -0.2) is 41.0 Å². The molecule has 1 atom stereocenters. The lowest BCUT2D eigenvalue weighted by Crippen LogP contribution is -2.42. The van der Waals surface area contributed by atoms with E-state index < -0.39 is 28.7 Å². The monoisotopic (exact) mass is 413 g/mol. The molecule has 0 saturated carbocycles. The summed E-state index contributed by atoms with van der Waals surface area (Å²) in [5.41, 5.74) is 0.269. The summed E-state index contributed by atoms with van der Waals surface area (Å²) in [6.45, 7) is 1.27. The number of carboxylic acids is 1. The number of hydrogen-bond donors (Lipinski definition) is 3. The zero-order chi connectivity index (χ0) is 22.3. The summed E-state index contributed by atoms with van der Waals surface area (Å²) in [7, 11) is 1.48. The fourth-order valence-electron chi connectivity index (χ4n) is 2.29. The van der Waals surface area contributed by atoms with Gasteiger partial charge in [-0.25, -0.2) is 0 Å². The van der Waals surface area contributed by atoms with Crippen LogP contribution in [0.5, 0.6) is 5.75 Å². The average Bonchev–Trinajstić information content (AvgIpc) is 2.73. The van der Waals surface area contributed by atoms with E-state index >= 15 is 0 Å². The summed E-state index contributed by atoms with van der Waals surface area (Å²) in [6, 6.07) is 10.2. The Morgan fingerprint density at radius 2 is 1.70 bits per heavy atom. The maximum Gasteiger partial charge on any atom is 0.325 e. The second-order valence-corrected chi connectivity index (χ2v) is 6.12. The number of aliphatic carboxylic acids is 1. The van der Waals surface area contributed by atoms with Crippen molar-refractivity contribution in [2.75, 3.05) is 7.11 Å². The summed E-state index contributed by atoms with van der Waals surface area (Å²) >= 11 is 0. The van der Waals surface area contributed by atoms with Crippen molar-refractivity contribution in [1.82, 2.24) is 10.6 Å². The molecule has 0 aliphatic rings. The Hall–Kier alpha value is -4.21. The number of amides is 2. The topological polar surface area (TPSA) is 148 Å².